The van der Waals surface area contributed by atoms with E-state index in [4.69, 9.17) is 9.47 Å². The first-order valence-corrected chi connectivity index (χ1v) is 11.7. The van der Waals surface area contributed by atoms with Crippen LogP contribution in [0.1, 0.15) is 19.8 Å². The van der Waals surface area contributed by atoms with E-state index in [2.05, 4.69) is 10.3 Å². The van der Waals surface area contributed by atoms with Gasteiger partial charge in [-0.05, 0) is 60.4 Å². The Morgan fingerprint density at radius 3 is 2.35 bits per heavy atom. The number of hydrogen-bond donors (Lipinski definition) is 1. The summed E-state index contributed by atoms with van der Waals surface area (Å²) in [6.07, 6.45) is 4.37. The monoisotopic (exact) mass is 438 g/mol. The van der Waals surface area contributed by atoms with E-state index in [1.54, 1.807) is 36.5 Å². The van der Waals surface area contributed by atoms with E-state index >= 15 is 0 Å². The topological polar surface area (TPSA) is 94.6 Å². The predicted octanol–water partition coefficient (Wildman–Crippen LogP) is 3.80. The highest BCUT2D eigenvalue weighted by atomic mass is 32.2. The van der Waals surface area contributed by atoms with Crippen molar-refractivity contribution in [2.45, 2.75) is 23.2 Å². The number of rotatable bonds is 5. The normalized spacial score (nSPS) is 16.0. The van der Waals surface area contributed by atoms with Gasteiger partial charge in [0.2, 0.25) is 12.7 Å². The summed E-state index contributed by atoms with van der Waals surface area (Å²) in [5.74, 6) is 1.74. The van der Waals surface area contributed by atoms with E-state index < -0.39 is 15.3 Å². The molecule has 2 aromatic carbocycles. The number of carbonyl (C=O) groups is 1. The van der Waals surface area contributed by atoms with Crippen LogP contribution in [-0.2, 0) is 20.0 Å². The Morgan fingerprint density at radius 1 is 1.00 bits per heavy atom. The van der Waals surface area contributed by atoms with Crippen LogP contribution in [0.25, 0.3) is 11.1 Å². The first-order chi connectivity index (χ1) is 14.8. The number of fused-ring (bicyclic) bond motifs is 1. The Balaban J connectivity index is 0.00000245. The van der Waals surface area contributed by atoms with Gasteiger partial charge in [-0.15, -0.1) is 0 Å². The van der Waals surface area contributed by atoms with Crippen molar-refractivity contribution >= 4 is 21.6 Å². The first-order valence-electron chi connectivity index (χ1n) is 9.83. The molecular weight excluding hydrogens is 416 g/mol. The molecule has 0 radical (unpaired) electrons. The molecule has 0 unspecified atom stereocenters. The van der Waals surface area contributed by atoms with Crippen LogP contribution in [0.2, 0.25) is 0 Å². The van der Waals surface area contributed by atoms with Crippen LogP contribution in [0.5, 0.6) is 11.5 Å². The average molecular weight is 439 g/mol. The lowest BCUT2D eigenvalue weighted by molar-refractivity contribution is -0.118. The molecule has 2 heterocycles. The number of nitrogens with one attached hydrogen (secondary N) is 1. The van der Waals surface area contributed by atoms with Gasteiger partial charge < -0.3 is 14.8 Å². The largest absolute Gasteiger partial charge is 0.454 e. The molecule has 0 spiro atoms. The van der Waals surface area contributed by atoms with Crippen LogP contribution in [0, 0.1) is 0 Å². The van der Waals surface area contributed by atoms with Gasteiger partial charge in [-0.25, -0.2) is 13.4 Å². The number of pyridine rings is 1. The fourth-order valence-electron chi connectivity index (χ4n) is 3.74. The summed E-state index contributed by atoms with van der Waals surface area (Å²) in [6, 6.07) is 15.8. The van der Waals surface area contributed by atoms with E-state index in [1.807, 2.05) is 24.3 Å². The highest BCUT2D eigenvalue weighted by Gasteiger charge is 2.51. The highest BCUT2D eigenvalue weighted by Crippen LogP contribution is 2.51. The van der Waals surface area contributed by atoms with Gasteiger partial charge in [0.05, 0.1) is 10.3 Å². The molecule has 1 aliphatic carbocycles. The van der Waals surface area contributed by atoms with Crippen LogP contribution in [0.15, 0.2) is 65.7 Å². The minimum atomic E-state index is -3.23. The van der Waals surface area contributed by atoms with Crippen molar-refractivity contribution < 1.29 is 24.1 Å². The van der Waals surface area contributed by atoms with E-state index in [9.17, 15) is 13.2 Å². The molecule has 7 nitrogen and oxygen atoms in total. The van der Waals surface area contributed by atoms with E-state index in [1.165, 1.54) is 6.26 Å². The van der Waals surface area contributed by atoms with Gasteiger partial charge in [-0.1, -0.05) is 18.2 Å². The molecule has 160 valence electrons. The molecule has 5 rings (SSSR count). The van der Waals surface area contributed by atoms with Gasteiger partial charge >= 0.3 is 0 Å². The third-order valence-electron chi connectivity index (χ3n) is 5.73. The van der Waals surface area contributed by atoms with Crippen molar-refractivity contribution in [3.05, 3.63) is 66.4 Å². The predicted molar refractivity (Wildman–Crippen MR) is 117 cm³/mol. The fraction of sp³-hybridized carbons (Fsp3) is 0.217. The molecule has 8 heteroatoms. The van der Waals surface area contributed by atoms with Crippen LogP contribution in [0.4, 0.5) is 5.82 Å². The van der Waals surface area contributed by atoms with Crippen LogP contribution in [-0.4, -0.2) is 32.4 Å². The fourth-order valence-corrected chi connectivity index (χ4v) is 4.37. The maximum atomic E-state index is 13.0. The molecule has 1 amide bonds. The maximum absolute atomic E-state index is 13.0. The number of ether oxygens (including phenoxy) is 2. The van der Waals surface area contributed by atoms with Crippen molar-refractivity contribution in [2.75, 3.05) is 18.4 Å². The summed E-state index contributed by atoms with van der Waals surface area (Å²) in [5, 5.41) is 2.92. The molecule has 0 atom stereocenters. The highest BCUT2D eigenvalue weighted by molar-refractivity contribution is 7.90. The number of aromatic nitrogens is 1. The van der Waals surface area contributed by atoms with Gasteiger partial charge in [0.25, 0.3) is 0 Å². The van der Waals surface area contributed by atoms with Crippen LogP contribution in [0.3, 0.4) is 0 Å². The third-order valence-corrected chi connectivity index (χ3v) is 6.86. The third kappa shape index (κ3) is 3.63. The summed E-state index contributed by atoms with van der Waals surface area (Å²) in [4.78, 5) is 17.6. The smallest absolute Gasteiger partial charge is 0.236 e. The van der Waals surface area contributed by atoms with Gasteiger partial charge in [0, 0.05) is 19.4 Å². The van der Waals surface area contributed by atoms with Crippen LogP contribution < -0.4 is 14.8 Å². The lowest BCUT2D eigenvalue weighted by Gasteiger charge is -2.16. The summed E-state index contributed by atoms with van der Waals surface area (Å²) >= 11 is 0. The molecule has 31 heavy (non-hydrogen) atoms. The second-order valence-electron chi connectivity index (χ2n) is 7.83. The minimum absolute atomic E-state index is 0. The second kappa shape index (κ2) is 7.09. The SMILES string of the molecule is CS(=O)(=O)c1ccc(-c2ccc(NC(=O)C3(c4ccc5c(c4)OCO5)CC3)nc2)cc1.[HH]. The van der Waals surface area contributed by atoms with Crippen LogP contribution >= 0.6 is 0 Å². The Labute approximate surface area is 181 Å². The average Bonchev–Trinajstić information content (AvgIpc) is 3.45. The maximum Gasteiger partial charge on any atom is 0.236 e. The molecule has 1 fully saturated rings. The number of hydrogen-bond acceptors (Lipinski definition) is 6. The van der Waals surface area contributed by atoms with Crippen molar-refractivity contribution in [1.82, 2.24) is 4.98 Å². The number of amides is 1. The Hall–Kier alpha value is -3.39. The van der Waals surface area contributed by atoms with Crippen molar-refractivity contribution in [1.29, 1.82) is 0 Å². The summed E-state index contributed by atoms with van der Waals surface area (Å²) in [5.41, 5.74) is 2.02. The van der Waals surface area contributed by atoms with E-state index in [0.717, 1.165) is 29.5 Å². The van der Waals surface area contributed by atoms with E-state index in [-0.39, 0.29) is 19.0 Å². The van der Waals surface area contributed by atoms with Crippen molar-refractivity contribution in [3.63, 3.8) is 0 Å². The lowest BCUT2D eigenvalue weighted by Crippen LogP contribution is -2.28. The minimum Gasteiger partial charge on any atom is -0.454 e. The van der Waals surface area contributed by atoms with Crippen molar-refractivity contribution in [3.8, 4) is 22.6 Å². The Kier molecular flexibility index (Phi) is 4.48. The first kappa shape index (κ1) is 19.6. The Bertz CT molecular complexity index is 1270. The molecular formula is C23H22N2O5S. The molecule has 0 saturated heterocycles. The Morgan fingerprint density at radius 2 is 1.71 bits per heavy atom. The van der Waals surface area contributed by atoms with Crippen molar-refractivity contribution in [2.24, 2.45) is 0 Å². The molecule has 3 aromatic rings. The van der Waals surface area contributed by atoms with E-state index in [0.29, 0.717) is 17.3 Å². The quantitative estimate of drug-likeness (QED) is 0.651. The van der Waals surface area contributed by atoms with Gasteiger partial charge in [-0.3, -0.25) is 4.79 Å². The molecule has 0 bridgehead atoms. The zero-order valence-electron chi connectivity index (χ0n) is 16.8. The standard InChI is InChI=1S/C23H20N2O5S.H2/c1-31(27,28)18-6-2-15(3-7-18)16-4-9-21(24-13-16)25-22(26)23(10-11-23)17-5-8-19-20(12-17)30-14-29-19;/h2-9,12-13H,10-11,14H2,1H3,(H,24,25,26);1H. The van der Waals surface area contributed by atoms with Gasteiger partial charge in [0.1, 0.15) is 5.82 Å². The number of carbonyl (C=O) groups excluding carboxylic acids is 1. The molecule has 1 aromatic heterocycles. The second-order valence-corrected chi connectivity index (χ2v) is 9.85. The zero-order chi connectivity index (χ0) is 21.6. The van der Waals surface area contributed by atoms with Gasteiger partial charge in [-0.2, -0.15) is 0 Å². The number of sulfone groups is 1. The summed E-state index contributed by atoms with van der Waals surface area (Å²) < 4.78 is 34.0. The van der Waals surface area contributed by atoms with Gasteiger partial charge in [0.15, 0.2) is 21.3 Å². The zero-order valence-corrected chi connectivity index (χ0v) is 17.6. The number of benzene rings is 2. The molecule has 1 aliphatic heterocycles. The molecule has 2 aliphatic rings. The molecule has 1 N–H and O–H groups in total. The number of nitrogens with zero attached hydrogens (tertiary/aromatic N) is 1. The number of anilines is 1. The summed E-state index contributed by atoms with van der Waals surface area (Å²) in [7, 11) is -3.23. The summed E-state index contributed by atoms with van der Waals surface area (Å²) in [6.45, 7) is 0.200. The molecule has 1 saturated carbocycles. The lowest BCUT2D eigenvalue weighted by atomic mass is 9.94.